The second-order valence-electron chi connectivity index (χ2n) is 5.95. The van der Waals surface area contributed by atoms with Crippen molar-refractivity contribution in [1.29, 1.82) is 0 Å². The highest BCUT2D eigenvalue weighted by molar-refractivity contribution is 5.74. The predicted molar refractivity (Wildman–Crippen MR) is 88.2 cm³/mol. The van der Waals surface area contributed by atoms with Gasteiger partial charge in [-0.2, -0.15) is 4.98 Å². The molecule has 0 atom stereocenters. The summed E-state index contributed by atoms with van der Waals surface area (Å²) in [6.45, 7) is 2.85. The van der Waals surface area contributed by atoms with E-state index in [9.17, 15) is 9.59 Å². The minimum absolute atomic E-state index is 0.396. The summed E-state index contributed by atoms with van der Waals surface area (Å²) in [7, 11) is 3.26. The van der Waals surface area contributed by atoms with Crippen molar-refractivity contribution in [3.8, 4) is 0 Å². The number of rotatable bonds is 4. The molecular weight excluding hydrogens is 298 g/mol. The van der Waals surface area contributed by atoms with E-state index >= 15 is 0 Å². The molecule has 2 aromatic rings. The lowest BCUT2D eigenvalue weighted by molar-refractivity contribution is 0.188. The highest BCUT2D eigenvalue weighted by Gasteiger charge is 2.22. The van der Waals surface area contributed by atoms with Crippen LogP contribution in [0, 0.1) is 0 Å². The number of methoxy groups -OCH3 is 1. The van der Waals surface area contributed by atoms with E-state index in [0.29, 0.717) is 24.3 Å². The van der Waals surface area contributed by atoms with E-state index < -0.39 is 11.2 Å². The Labute approximate surface area is 133 Å². The molecule has 0 aliphatic carbocycles. The Morgan fingerprint density at radius 3 is 2.52 bits per heavy atom. The smallest absolute Gasteiger partial charge is 0.329 e. The van der Waals surface area contributed by atoms with Crippen LogP contribution in [-0.2, 0) is 18.3 Å². The molecular formula is C15H23N5O3. The van der Waals surface area contributed by atoms with Crippen LogP contribution in [0.2, 0.25) is 0 Å². The average Bonchev–Trinajstić information content (AvgIpc) is 2.71. The van der Waals surface area contributed by atoms with Gasteiger partial charge in [-0.1, -0.05) is 12.8 Å². The second kappa shape index (κ2) is 6.57. The van der Waals surface area contributed by atoms with Crippen LogP contribution in [0.3, 0.4) is 0 Å². The highest BCUT2D eigenvalue weighted by Crippen LogP contribution is 2.22. The molecule has 0 saturated carbocycles. The predicted octanol–water partition coefficient (Wildman–Crippen LogP) is 0.450. The Balaban J connectivity index is 2.19. The number of hydrogen-bond acceptors (Lipinski definition) is 5. The van der Waals surface area contributed by atoms with Crippen molar-refractivity contribution in [2.75, 3.05) is 31.7 Å². The molecule has 126 valence electrons. The quantitative estimate of drug-likeness (QED) is 0.884. The number of nitrogens with zero attached hydrogens (tertiary/aromatic N) is 4. The molecule has 1 fully saturated rings. The van der Waals surface area contributed by atoms with Crippen LogP contribution in [0.15, 0.2) is 9.59 Å². The summed E-state index contributed by atoms with van der Waals surface area (Å²) in [5.41, 5.74) is 0.0200. The molecule has 0 aromatic carbocycles. The van der Waals surface area contributed by atoms with E-state index in [1.54, 1.807) is 14.2 Å². The Morgan fingerprint density at radius 1 is 1.17 bits per heavy atom. The van der Waals surface area contributed by atoms with E-state index in [1.807, 2.05) is 4.57 Å². The SMILES string of the molecule is COCCn1c(N2CCCCCC2)nc2c1c(=O)[nH]c(=O)n2C. The number of ether oxygens (including phenoxy) is 1. The van der Waals surface area contributed by atoms with Crippen molar-refractivity contribution < 1.29 is 4.74 Å². The Bertz CT molecular complexity index is 796. The molecule has 3 heterocycles. The minimum Gasteiger partial charge on any atom is -0.383 e. The maximum absolute atomic E-state index is 12.3. The molecule has 0 amide bonds. The molecule has 1 aliphatic rings. The van der Waals surface area contributed by atoms with Gasteiger partial charge in [0.05, 0.1) is 6.61 Å². The monoisotopic (exact) mass is 321 g/mol. The molecule has 3 rings (SSSR count). The first-order valence-electron chi connectivity index (χ1n) is 8.07. The first kappa shape index (κ1) is 15.8. The zero-order valence-electron chi connectivity index (χ0n) is 13.7. The summed E-state index contributed by atoms with van der Waals surface area (Å²) in [5.74, 6) is 0.755. The van der Waals surface area contributed by atoms with Crippen LogP contribution >= 0.6 is 0 Å². The topological polar surface area (TPSA) is 85.2 Å². The van der Waals surface area contributed by atoms with Crippen molar-refractivity contribution in [2.45, 2.75) is 32.2 Å². The van der Waals surface area contributed by atoms with Gasteiger partial charge in [0.2, 0.25) is 5.95 Å². The lowest BCUT2D eigenvalue weighted by atomic mass is 10.2. The lowest BCUT2D eigenvalue weighted by Crippen LogP contribution is -2.30. The maximum atomic E-state index is 12.3. The summed E-state index contributed by atoms with van der Waals surface area (Å²) in [6.07, 6.45) is 4.66. The number of anilines is 1. The molecule has 0 unspecified atom stereocenters. The van der Waals surface area contributed by atoms with Gasteiger partial charge in [-0.15, -0.1) is 0 Å². The van der Waals surface area contributed by atoms with Crippen molar-refractivity contribution in [3.63, 3.8) is 0 Å². The molecule has 2 aromatic heterocycles. The summed E-state index contributed by atoms with van der Waals surface area (Å²) in [4.78, 5) is 33.4. The molecule has 8 nitrogen and oxygen atoms in total. The molecule has 0 bridgehead atoms. The van der Waals surface area contributed by atoms with Crippen LogP contribution in [-0.4, -0.2) is 45.9 Å². The Kier molecular flexibility index (Phi) is 4.51. The van der Waals surface area contributed by atoms with Crippen molar-refractivity contribution in [3.05, 3.63) is 20.8 Å². The summed E-state index contributed by atoms with van der Waals surface area (Å²) in [5, 5.41) is 0. The van der Waals surface area contributed by atoms with Gasteiger partial charge in [0, 0.05) is 33.8 Å². The minimum atomic E-state index is -0.443. The normalized spacial score (nSPS) is 16.0. The van der Waals surface area contributed by atoms with Gasteiger partial charge in [-0.25, -0.2) is 4.79 Å². The Morgan fingerprint density at radius 2 is 1.87 bits per heavy atom. The average molecular weight is 321 g/mol. The third kappa shape index (κ3) is 2.90. The van der Waals surface area contributed by atoms with Crippen LogP contribution in [0.1, 0.15) is 25.7 Å². The van der Waals surface area contributed by atoms with Crippen LogP contribution in [0.4, 0.5) is 5.95 Å². The summed E-state index contributed by atoms with van der Waals surface area (Å²) >= 11 is 0. The van der Waals surface area contributed by atoms with Gasteiger partial charge >= 0.3 is 5.69 Å². The van der Waals surface area contributed by atoms with Crippen LogP contribution < -0.4 is 16.1 Å². The molecule has 0 radical (unpaired) electrons. The highest BCUT2D eigenvalue weighted by atomic mass is 16.5. The van der Waals surface area contributed by atoms with E-state index in [1.165, 1.54) is 17.4 Å². The lowest BCUT2D eigenvalue weighted by Gasteiger charge is -2.22. The van der Waals surface area contributed by atoms with Gasteiger partial charge < -0.3 is 14.2 Å². The number of aryl methyl sites for hydroxylation is 1. The van der Waals surface area contributed by atoms with Gasteiger partial charge in [0.1, 0.15) is 0 Å². The largest absolute Gasteiger partial charge is 0.383 e. The van der Waals surface area contributed by atoms with Crippen molar-refractivity contribution in [2.24, 2.45) is 7.05 Å². The van der Waals surface area contributed by atoms with Gasteiger partial charge in [-0.3, -0.25) is 14.3 Å². The number of nitrogens with one attached hydrogen (secondary N) is 1. The first-order chi connectivity index (χ1) is 11.1. The van der Waals surface area contributed by atoms with Crippen LogP contribution in [0.5, 0.6) is 0 Å². The molecule has 1 saturated heterocycles. The molecule has 23 heavy (non-hydrogen) atoms. The summed E-state index contributed by atoms with van der Waals surface area (Å²) < 4.78 is 8.44. The molecule has 1 aliphatic heterocycles. The fraction of sp³-hybridized carbons (Fsp3) is 0.667. The zero-order valence-corrected chi connectivity index (χ0v) is 13.7. The molecule has 8 heteroatoms. The third-order valence-corrected chi connectivity index (χ3v) is 4.39. The Hall–Kier alpha value is -2.09. The standard InChI is InChI=1S/C15H23N5O3/c1-18-12-11(13(21)17-15(18)22)20(9-10-23-2)14(16-12)19-7-5-3-4-6-8-19/h3-10H2,1-2H3,(H,17,21,22). The number of aromatic amines is 1. The fourth-order valence-electron chi connectivity index (χ4n) is 3.13. The van der Waals surface area contributed by atoms with Crippen molar-refractivity contribution in [1.82, 2.24) is 19.1 Å². The third-order valence-electron chi connectivity index (χ3n) is 4.39. The number of imidazole rings is 1. The van der Waals surface area contributed by atoms with E-state index in [4.69, 9.17) is 4.74 Å². The number of hydrogen-bond donors (Lipinski definition) is 1. The summed E-state index contributed by atoms with van der Waals surface area (Å²) in [6, 6.07) is 0. The number of fused-ring (bicyclic) bond motifs is 1. The van der Waals surface area contributed by atoms with E-state index in [2.05, 4.69) is 14.9 Å². The number of aromatic nitrogens is 4. The van der Waals surface area contributed by atoms with Crippen LogP contribution in [0.25, 0.3) is 11.2 Å². The second-order valence-corrected chi connectivity index (χ2v) is 5.95. The van der Waals surface area contributed by atoms with Crippen molar-refractivity contribution >= 4 is 17.1 Å². The maximum Gasteiger partial charge on any atom is 0.329 e. The first-order valence-corrected chi connectivity index (χ1v) is 8.07. The zero-order chi connectivity index (χ0) is 16.4. The van der Waals surface area contributed by atoms with Gasteiger partial charge in [-0.05, 0) is 12.8 Å². The van der Waals surface area contributed by atoms with E-state index in [-0.39, 0.29) is 0 Å². The molecule has 1 N–H and O–H groups in total. The van der Waals surface area contributed by atoms with Gasteiger partial charge in [0.25, 0.3) is 5.56 Å². The van der Waals surface area contributed by atoms with Gasteiger partial charge in [0.15, 0.2) is 11.2 Å². The van der Waals surface area contributed by atoms with E-state index in [0.717, 1.165) is 31.9 Å². The fourth-order valence-corrected chi connectivity index (χ4v) is 3.13. The number of H-pyrrole nitrogens is 1. The molecule has 0 spiro atoms.